The first-order valence-electron chi connectivity index (χ1n) is 5.10. The molecule has 0 atom stereocenters. The molecule has 0 amide bonds. The molecule has 0 aliphatic rings. The highest BCUT2D eigenvalue weighted by Crippen LogP contribution is 2.20. The summed E-state index contributed by atoms with van der Waals surface area (Å²) in [5, 5.41) is 0. The maximum absolute atomic E-state index is 5.51. The van der Waals surface area contributed by atoms with Crippen LogP contribution in [0.2, 0.25) is 0 Å². The maximum Gasteiger partial charge on any atom is 0.0661 e. The number of nitrogens with zero attached hydrogens (tertiary/aromatic N) is 1. The summed E-state index contributed by atoms with van der Waals surface area (Å²) in [6.45, 7) is 4.67. The lowest BCUT2D eigenvalue weighted by Gasteiger charge is -2.04. The second-order valence-electron chi connectivity index (χ2n) is 3.43. The van der Waals surface area contributed by atoms with Gasteiger partial charge in [0.1, 0.15) is 0 Å². The van der Waals surface area contributed by atoms with Crippen LogP contribution in [0.4, 0.5) is 5.69 Å². The molecule has 76 valence electrons. The van der Waals surface area contributed by atoms with Crippen LogP contribution in [0.25, 0.3) is 0 Å². The van der Waals surface area contributed by atoms with Crippen molar-refractivity contribution in [2.45, 2.75) is 26.7 Å². The highest BCUT2D eigenvalue weighted by atomic mass is 14.8. The quantitative estimate of drug-likeness (QED) is 0.728. The molecular weight excluding hydrogens is 172 g/mol. The number of hydrogen-bond donors (Lipinski definition) is 1. The summed E-state index contributed by atoms with van der Waals surface area (Å²) in [6, 6.07) is 8.25. The molecular formula is C12H18N2. The molecule has 0 bridgehead atoms. The average Bonchev–Trinajstić information content (AvgIpc) is 2.21. The first-order chi connectivity index (χ1) is 6.77. The second-order valence-corrected chi connectivity index (χ2v) is 3.43. The van der Waals surface area contributed by atoms with E-state index in [1.807, 2.05) is 19.1 Å². The van der Waals surface area contributed by atoms with E-state index < -0.39 is 0 Å². The van der Waals surface area contributed by atoms with Gasteiger partial charge in [-0.05, 0) is 25.0 Å². The van der Waals surface area contributed by atoms with Crippen molar-refractivity contribution in [3.63, 3.8) is 0 Å². The smallest absolute Gasteiger partial charge is 0.0661 e. The highest BCUT2D eigenvalue weighted by Gasteiger charge is 1.98. The zero-order valence-corrected chi connectivity index (χ0v) is 8.96. The molecule has 0 unspecified atom stereocenters. The van der Waals surface area contributed by atoms with Crippen LogP contribution in [-0.2, 0) is 6.42 Å². The van der Waals surface area contributed by atoms with Crippen LogP contribution in [0.3, 0.4) is 0 Å². The molecule has 0 fully saturated rings. The third kappa shape index (κ3) is 2.96. The van der Waals surface area contributed by atoms with Crippen LogP contribution < -0.4 is 5.73 Å². The molecule has 0 spiro atoms. The number of aryl methyl sites for hydroxylation is 1. The van der Waals surface area contributed by atoms with Crippen LogP contribution >= 0.6 is 0 Å². The molecule has 2 N–H and O–H groups in total. The van der Waals surface area contributed by atoms with E-state index in [0.717, 1.165) is 24.2 Å². The molecule has 0 heterocycles. The number of hydrogen-bond acceptors (Lipinski definition) is 2. The molecule has 0 aromatic heterocycles. The number of para-hydroxylation sites is 1. The Bertz CT molecular complexity index is 316. The summed E-state index contributed by atoms with van der Waals surface area (Å²) in [5.74, 6) is 0. The van der Waals surface area contributed by atoms with E-state index in [0.29, 0.717) is 6.54 Å². The molecule has 14 heavy (non-hydrogen) atoms. The van der Waals surface area contributed by atoms with Crippen LogP contribution in [0.1, 0.15) is 25.8 Å². The Kier molecular flexibility index (Phi) is 4.33. The zero-order valence-electron chi connectivity index (χ0n) is 8.96. The van der Waals surface area contributed by atoms with Crippen LogP contribution in [-0.4, -0.2) is 12.3 Å². The van der Waals surface area contributed by atoms with E-state index in [9.17, 15) is 0 Å². The standard InChI is InChI=1S/C12H18N2/c1-3-6-11-7-4-5-8-12(11)14-10(2)9-13/h4-5,7-8H,3,6,9,13H2,1-2H3. The average molecular weight is 190 g/mol. The Labute approximate surface area is 85.9 Å². The lowest BCUT2D eigenvalue weighted by atomic mass is 10.1. The Hall–Kier alpha value is -1.15. The fourth-order valence-electron chi connectivity index (χ4n) is 1.35. The van der Waals surface area contributed by atoms with Crippen molar-refractivity contribution >= 4 is 11.4 Å². The minimum atomic E-state index is 0.528. The number of aliphatic imine (C=N–C) groups is 1. The van der Waals surface area contributed by atoms with Gasteiger partial charge in [0.2, 0.25) is 0 Å². The van der Waals surface area contributed by atoms with Gasteiger partial charge in [-0.2, -0.15) is 0 Å². The third-order valence-corrected chi connectivity index (χ3v) is 2.12. The van der Waals surface area contributed by atoms with Crippen LogP contribution in [0.15, 0.2) is 29.3 Å². The topological polar surface area (TPSA) is 38.4 Å². The van der Waals surface area contributed by atoms with Crippen LogP contribution in [0.5, 0.6) is 0 Å². The minimum Gasteiger partial charge on any atom is -0.325 e. The van der Waals surface area contributed by atoms with Crippen molar-refractivity contribution in [1.82, 2.24) is 0 Å². The highest BCUT2D eigenvalue weighted by molar-refractivity contribution is 5.86. The van der Waals surface area contributed by atoms with Crippen LogP contribution in [0, 0.1) is 0 Å². The summed E-state index contributed by atoms with van der Waals surface area (Å²) < 4.78 is 0. The van der Waals surface area contributed by atoms with Crippen molar-refractivity contribution in [1.29, 1.82) is 0 Å². The normalized spacial score (nSPS) is 11.8. The van der Waals surface area contributed by atoms with Crippen molar-refractivity contribution < 1.29 is 0 Å². The molecule has 1 rings (SSSR count). The Morgan fingerprint density at radius 2 is 2.07 bits per heavy atom. The molecule has 1 aromatic carbocycles. The second kappa shape index (κ2) is 5.55. The van der Waals surface area contributed by atoms with E-state index in [4.69, 9.17) is 5.73 Å². The van der Waals surface area contributed by atoms with Crippen molar-refractivity contribution in [2.24, 2.45) is 10.7 Å². The maximum atomic E-state index is 5.51. The lowest BCUT2D eigenvalue weighted by molar-refractivity contribution is 0.921. The number of nitrogens with two attached hydrogens (primary N) is 1. The number of rotatable bonds is 4. The monoisotopic (exact) mass is 190 g/mol. The Morgan fingerprint density at radius 1 is 1.36 bits per heavy atom. The summed E-state index contributed by atoms with van der Waals surface area (Å²) in [4.78, 5) is 4.49. The van der Waals surface area contributed by atoms with Gasteiger partial charge in [0.15, 0.2) is 0 Å². The predicted octanol–water partition coefficient (Wildman–Crippen LogP) is 2.69. The van der Waals surface area contributed by atoms with Gasteiger partial charge in [0, 0.05) is 12.3 Å². The minimum absolute atomic E-state index is 0.528. The Balaban J connectivity index is 2.95. The summed E-state index contributed by atoms with van der Waals surface area (Å²) in [7, 11) is 0. The SMILES string of the molecule is CCCc1ccccc1N=C(C)CN. The molecule has 0 radical (unpaired) electrons. The molecule has 1 aromatic rings. The van der Waals surface area contributed by atoms with E-state index >= 15 is 0 Å². The largest absolute Gasteiger partial charge is 0.325 e. The number of benzene rings is 1. The first kappa shape index (κ1) is 10.9. The summed E-state index contributed by atoms with van der Waals surface area (Å²) in [6.07, 6.45) is 2.23. The van der Waals surface area contributed by atoms with Crippen molar-refractivity contribution in [2.75, 3.05) is 6.54 Å². The summed E-state index contributed by atoms with van der Waals surface area (Å²) in [5.41, 5.74) is 8.87. The van der Waals surface area contributed by atoms with Crippen molar-refractivity contribution in [3.8, 4) is 0 Å². The van der Waals surface area contributed by atoms with Gasteiger partial charge in [-0.25, -0.2) is 0 Å². The Morgan fingerprint density at radius 3 is 2.71 bits per heavy atom. The van der Waals surface area contributed by atoms with Gasteiger partial charge in [-0.1, -0.05) is 31.5 Å². The zero-order chi connectivity index (χ0) is 10.4. The molecule has 2 heteroatoms. The predicted molar refractivity (Wildman–Crippen MR) is 62.3 cm³/mol. The van der Waals surface area contributed by atoms with E-state index in [1.165, 1.54) is 5.56 Å². The fraction of sp³-hybridized carbons (Fsp3) is 0.417. The van der Waals surface area contributed by atoms with Crippen molar-refractivity contribution in [3.05, 3.63) is 29.8 Å². The van der Waals surface area contributed by atoms with E-state index in [1.54, 1.807) is 0 Å². The van der Waals surface area contributed by atoms with Gasteiger partial charge in [0.25, 0.3) is 0 Å². The van der Waals surface area contributed by atoms with Gasteiger partial charge in [-0.15, -0.1) is 0 Å². The molecule has 0 aliphatic carbocycles. The summed E-state index contributed by atoms with van der Waals surface area (Å²) >= 11 is 0. The van der Waals surface area contributed by atoms with Gasteiger partial charge in [-0.3, -0.25) is 4.99 Å². The molecule has 0 saturated heterocycles. The lowest BCUT2D eigenvalue weighted by Crippen LogP contribution is -2.09. The van der Waals surface area contributed by atoms with Gasteiger partial charge >= 0.3 is 0 Å². The molecule has 0 aliphatic heterocycles. The first-order valence-corrected chi connectivity index (χ1v) is 5.10. The van der Waals surface area contributed by atoms with Gasteiger partial charge in [0.05, 0.1) is 5.69 Å². The van der Waals surface area contributed by atoms with Gasteiger partial charge < -0.3 is 5.73 Å². The van der Waals surface area contributed by atoms with E-state index in [-0.39, 0.29) is 0 Å². The third-order valence-electron chi connectivity index (χ3n) is 2.12. The fourth-order valence-corrected chi connectivity index (χ4v) is 1.35. The molecule has 0 saturated carbocycles. The molecule has 2 nitrogen and oxygen atoms in total. The van der Waals surface area contributed by atoms with E-state index in [2.05, 4.69) is 24.0 Å².